The van der Waals surface area contributed by atoms with E-state index in [0.717, 1.165) is 6.20 Å². The number of alkyl halides is 3. The monoisotopic (exact) mass is 290 g/mol. The van der Waals surface area contributed by atoms with E-state index >= 15 is 0 Å². The molecule has 0 amide bonds. The fraction of sp³-hybridized carbons (Fsp3) is 0.100. The molecule has 16 heavy (non-hydrogen) atoms. The Balaban J connectivity index is 2.90. The van der Waals surface area contributed by atoms with Gasteiger partial charge in [0.25, 0.3) is 0 Å². The minimum Gasteiger partial charge on any atom is -0.383 e. The lowest BCUT2D eigenvalue weighted by molar-refractivity contribution is -0.136. The number of rotatable bonds is 0. The van der Waals surface area contributed by atoms with Gasteiger partial charge in [-0.05, 0) is 6.07 Å². The standard InChI is InChI=1S/C10H6BrF3N2/c11-7-3-1-2-5-6(10(12,13)14)4-16-9(15)8(5)7/h1-4H,(H2,15,16). The molecule has 0 bridgehead atoms. The highest BCUT2D eigenvalue weighted by Crippen LogP contribution is 2.37. The van der Waals surface area contributed by atoms with E-state index in [1.165, 1.54) is 12.1 Å². The minimum absolute atomic E-state index is 0.0503. The molecule has 0 atom stereocenters. The molecule has 1 aromatic carbocycles. The highest BCUT2D eigenvalue weighted by atomic mass is 79.9. The lowest BCUT2D eigenvalue weighted by atomic mass is 10.1. The maximum atomic E-state index is 12.7. The van der Waals surface area contributed by atoms with E-state index in [2.05, 4.69) is 20.9 Å². The van der Waals surface area contributed by atoms with Crippen LogP contribution in [0, 0.1) is 0 Å². The molecule has 0 aliphatic carbocycles. The molecular weight excluding hydrogens is 285 g/mol. The fourth-order valence-corrected chi connectivity index (χ4v) is 2.07. The van der Waals surface area contributed by atoms with Crippen molar-refractivity contribution < 1.29 is 13.2 Å². The van der Waals surface area contributed by atoms with Gasteiger partial charge in [0.2, 0.25) is 0 Å². The molecule has 0 radical (unpaired) electrons. The summed E-state index contributed by atoms with van der Waals surface area (Å²) in [5, 5.41) is 0.340. The summed E-state index contributed by atoms with van der Waals surface area (Å²) in [6.45, 7) is 0. The Morgan fingerprint density at radius 1 is 1.25 bits per heavy atom. The van der Waals surface area contributed by atoms with Gasteiger partial charge in [0.05, 0.1) is 5.56 Å². The Morgan fingerprint density at radius 2 is 1.94 bits per heavy atom. The van der Waals surface area contributed by atoms with Crippen LogP contribution in [0.1, 0.15) is 5.56 Å². The van der Waals surface area contributed by atoms with Crippen LogP contribution in [-0.4, -0.2) is 4.98 Å². The number of hydrogen-bond donors (Lipinski definition) is 1. The molecule has 0 aliphatic rings. The van der Waals surface area contributed by atoms with Crippen molar-refractivity contribution in [2.24, 2.45) is 0 Å². The van der Waals surface area contributed by atoms with E-state index in [1.807, 2.05) is 0 Å². The summed E-state index contributed by atoms with van der Waals surface area (Å²) in [6, 6.07) is 4.53. The van der Waals surface area contributed by atoms with Gasteiger partial charge >= 0.3 is 6.18 Å². The second kappa shape index (κ2) is 3.62. The van der Waals surface area contributed by atoms with E-state index in [1.54, 1.807) is 6.07 Å². The molecule has 0 unspecified atom stereocenters. The number of fused-ring (bicyclic) bond motifs is 1. The van der Waals surface area contributed by atoms with Crippen LogP contribution in [0.3, 0.4) is 0 Å². The van der Waals surface area contributed by atoms with Crippen LogP contribution in [0.4, 0.5) is 19.0 Å². The molecular formula is C10H6BrF3N2. The van der Waals surface area contributed by atoms with Crippen LogP contribution in [0.2, 0.25) is 0 Å². The average molecular weight is 291 g/mol. The van der Waals surface area contributed by atoms with Crippen LogP contribution >= 0.6 is 15.9 Å². The summed E-state index contributed by atoms with van der Waals surface area (Å²) in [6.07, 6.45) is -3.68. The van der Waals surface area contributed by atoms with Gasteiger partial charge in [0.1, 0.15) is 5.82 Å². The lowest BCUT2D eigenvalue weighted by Gasteiger charge is -2.11. The Hall–Kier alpha value is -1.30. The van der Waals surface area contributed by atoms with Crippen molar-refractivity contribution in [1.82, 2.24) is 4.98 Å². The molecule has 2 nitrogen and oxygen atoms in total. The van der Waals surface area contributed by atoms with Crippen molar-refractivity contribution in [1.29, 1.82) is 0 Å². The molecule has 0 saturated heterocycles. The van der Waals surface area contributed by atoms with Crippen molar-refractivity contribution >= 4 is 32.5 Å². The molecule has 2 N–H and O–H groups in total. The number of nitrogens with zero attached hydrogens (tertiary/aromatic N) is 1. The number of aromatic nitrogens is 1. The van der Waals surface area contributed by atoms with E-state index in [4.69, 9.17) is 5.73 Å². The number of nitrogens with two attached hydrogens (primary N) is 1. The molecule has 6 heteroatoms. The van der Waals surface area contributed by atoms with Gasteiger partial charge < -0.3 is 5.73 Å². The Morgan fingerprint density at radius 3 is 2.56 bits per heavy atom. The minimum atomic E-state index is -4.43. The molecule has 2 aromatic rings. The van der Waals surface area contributed by atoms with E-state index in [-0.39, 0.29) is 16.6 Å². The maximum absolute atomic E-state index is 12.7. The first kappa shape index (κ1) is 11.2. The van der Waals surface area contributed by atoms with Crippen molar-refractivity contribution in [3.63, 3.8) is 0 Å². The normalized spacial score (nSPS) is 12.0. The summed E-state index contributed by atoms with van der Waals surface area (Å²) in [5.74, 6) is 0.0791. The second-order valence-corrected chi connectivity index (χ2v) is 4.07. The zero-order chi connectivity index (χ0) is 11.9. The summed E-state index contributed by atoms with van der Waals surface area (Å²) >= 11 is 3.16. The predicted octanol–water partition coefficient (Wildman–Crippen LogP) is 3.60. The van der Waals surface area contributed by atoms with Gasteiger partial charge in [0, 0.05) is 21.4 Å². The fourth-order valence-electron chi connectivity index (χ4n) is 1.50. The van der Waals surface area contributed by atoms with E-state index in [0.29, 0.717) is 4.47 Å². The first-order valence-corrected chi connectivity index (χ1v) is 5.10. The van der Waals surface area contributed by atoms with Crippen LogP contribution in [0.15, 0.2) is 28.9 Å². The molecule has 84 valence electrons. The summed E-state index contributed by atoms with van der Waals surface area (Å²) in [5.41, 5.74) is 4.78. The van der Waals surface area contributed by atoms with Crippen LogP contribution in [0.25, 0.3) is 10.8 Å². The van der Waals surface area contributed by atoms with E-state index < -0.39 is 11.7 Å². The average Bonchev–Trinajstić information content (AvgIpc) is 2.16. The first-order chi connectivity index (χ1) is 7.41. The zero-order valence-corrected chi connectivity index (χ0v) is 9.43. The summed E-state index contributed by atoms with van der Waals surface area (Å²) in [7, 11) is 0. The van der Waals surface area contributed by atoms with Gasteiger partial charge in [-0.25, -0.2) is 4.98 Å². The molecule has 0 spiro atoms. The smallest absolute Gasteiger partial charge is 0.383 e. The topological polar surface area (TPSA) is 38.9 Å². The number of hydrogen-bond acceptors (Lipinski definition) is 2. The van der Waals surface area contributed by atoms with Gasteiger partial charge in [-0.15, -0.1) is 0 Å². The largest absolute Gasteiger partial charge is 0.418 e. The van der Waals surface area contributed by atoms with Gasteiger partial charge in [-0.2, -0.15) is 13.2 Å². The Kier molecular flexibility index (Phi) is 2.53. The predicted molar refractivity (Wildman–Crippen MR) is 58.9 cm³/mol. The second-order valence-electron chi connectivity index (χ2n) is 3.22. The summed E-state index contributed by atoms with van der Waals surface area (Å²) < 4.78 is 38.6. The van der Waals surface area contributed by atoms with Crippen molar-refractivity contribution in [3.05, 3.63) is 34.4 Å². The highest BCUT2D eigenvalue weighted by molar-refractivity contribution is 9.10. The Labute approximate surface area is 97.4 Å². The third kappa shape index (κ3) is 1.73. The molecule has 2 rings (SSSR count). The third-order valence-corrected chi connectivity index (χ3v) is 2.86. The molecule has 0 saturated carbocycles. The van der Waals surface area contributed by atoms with Crippen molar-refractivity contribution in [2.45, 2.75) is 6.18 Å². The zero-order valence-electron chi connectivity index (χ0n) is 7.85. The lowest BCUT2D eigenvalue weighted by Crippen LogP contribution is -2.08. The number of halogens is 4. The Bertz CT molecular complexity index is 543. The van der Waals surface area contributed by atoms with Gasteiger partial charge in [0.15, 0.2) is 0 Å². The van der Waals surface area contributed by atoms with Crippen LogP contribution in [-0.2, 0) is 6.18 Å². The van der Waals surface area contributed by atoms with Crippen LogP contribution in [0.5, 0.6) is 0 Å². The maximum Gasteiger partial charge on any atom is 0.418 e. The summed E-state index contributed by atoms with van der Waals surface area (Å²) in [4.78, 5) is 3.56. The molecule has 0 fully saturated rings. The molecule has 0 aliphatic heterocycles. The molecule has 1 aromatic heterocycles. The SMILES string of the molecule is Nc1ncc(C(F)(F)F)c2cccc(Br)c12. The number of pyridine rings is 1. The third-order valence-electron chi connectivity index (χ3n) is 2.20. The van der Waals surface area contributed by atoms with Crippen LogP contribution < -0.4 is 5.73 Å². The first-order valence-electron chi connectivity index (χ1n) is 4.31. The van der Waals surface area contributed by atoms with Gasteiger partial charge in [-0.3, -0.25) is 0 Å². The highest BCUT2D eigenvalue weighted by Gasteiger charge is 2.33. The quantitative estimate of drug-likeness (QED) is 0.805. The number of anilines is 1. The number of nitrogen functional groups attached to an aromatic ring is 1. The van der Waals surface area contributed by atoms with Crippen molar-refractivity contribution in [3.8, 4) is 0 Å². The molecule has 1 heterocycles. The van der Waals surface area contributed by atoms with Crippen molar-refractivity contribution in [2.75, 3.05) is 5.73 Å². The van der Waals surface area contributed by atoms with E-state index in [9.17, 15) is 13.2 Å². The van der Waals surface area contributed by atoms with Gasteiger partial charge in [-0.1, -0.05) is 28.1 Å². The number of benzene rings is 1.